The van der Waals surface area contributed by atoms with Gasteiger partial charge in [-0.3, -0.25) is 0 Å². The molecule has 2 N–H and O–H groups in total. The van der Waals surface area contributed by atoms with Crippen LogP contribution in [0.2, 0.25) is 0 Å². The quantitative estimate of drug-likeness (QED) is 0.808. The number of sulfonamides is 1. The summed E-state index contributed by atoms with van der Waals surface area (Å²) in [5, 5.41) is 8.63. The van der Waals surface area contributed by atoms with E-state index >= 15 is 0 Å². The van der Waals surface area contributed by atoms with Crippen molar-refractivity contribution in [1.82, 2.24) is 4.72 Å². The Balaban J connectivity index is 2.73. The van der Waals surface area contributed by atoms with Crippen LogP contribution in [0.25, 0.3) is 0 Å². The van der Waals surface area contributed by atoms with Gasteiger partial charge in [0, 0.05) is 12.6 Å². The van der Waals surface area contributed by atoms with Crippen LogP contribution in [-0.4, -0.2) is 25.9 Å². The highest BCUT2D eigenvalue weighted by Crippen LogP contribution is 2.17. The maximum atomic E-state index is 11.7. The average molecular weight is 257 g/mol. The Hall–Kier alpha value is -0.910. The molecule has 0 saturated carbocycles. The van der Waals surface area contributed by atoms with Gasteiger partial charge in [0.25, 0.3) is 0 Å². The summed E-state index contributed by atoms with van der Waals surface area (Å²) in [4.78, 5) is 0. The Kier molecular flexibility index (Phi) is 5.11. The van der Waals surface area contributed by atoms with Crippen LogP contribution in [0.1, 0.15) is 30.5 Å². The van der Waals surface area contributed by atoms with Crippen LogP contribution in [0.4, 0.5) is 0 Å². The monoisotopic (exact) mass is 257 g/mol. The van der Waals surface area contributed by atoms with E-state index in [4.69, 9.17) is 5.11 Å². The first kappa shape index (κ1) is 14.2. The van der Waals surface area contributed by atoms with E-state index in [0.717, 1.165) is 11.1 Å². The van der Waals surface area contributed by atoms with E-state index < -0.39 is 10.0 Å². The molecule has 4 nitrogen and oxygen atoms in total. The summed E-state index contributed by atoms with van der Waals surface area (Å²) in [5.74, 6) is -0.0419. The van der Waals surface area contributed by atoms with E-state index in [1.807, 2.05) is 38.1 Å². The molecule has 0 aromatic heterocycles. The van der Waals surface area contributed by atoms with Gasteiger partial charge >= 0.3 is 0 Å². The molecular weight excluding hydrogens is 238 g/mol. The van der Waals surface area contributed by atoms with Crippen LogP contribution >= 0.6 is 0 Å². The molecule has 0 aliphatic carbocycles. The third kappa shape index (κ3) is 4.46. The summed E-state index contributed by atoms with van der Waals surface area (Å²) < 4.78 is 25.9. The molecule has 0 spiro atoms. The maximum Gasteiger partial charge on any atom is 0.212 e. The Morgan fingerprint density at radius 3 is 2.59 bits per heavy atom. The molecule has 0 bridgehead atoms. The zero-order chi connectivity index (χ0) is 12.9. The Morgan fingerprint density at radius 2 is 2.00 bits per heavy atom. The van der Waals surface area contributed by atoms with Crippen molar-refractivity contribution in [2.75, 3.05) is 12.4 Å². The second-order valence-corrected chi connectivity index (χ2v) is 5.97. The Bertz CT molecular complexity index is 457. The van der Waals surface area contributed by atoms with Crippen molar-refractivity contribution in [1.29, 1.82) is 0 Å². The van der Waals surface area contributed by atoms with Crippen LogP contribution in [-0.2, 0) is 10.0 Å². The van der Waals surface area contributed by atoms with Gasteiger partial charge < -0.3 is 5.11 Å². The van der Waals surface area contributed by atoms with Gasteiger partial charge in [0.15, 0.2) is 0 Å². The number of hydrogen-bond acceptors (Lipinski definition) is 3. The van der Waals surface area contributed by atoms with Crippen molar-refractivity contribution in [3.63, 3.8) is 0 Å². The second kappa shape index (κ2) is 6.14. The number of aryl methyl sites for hydroxylation is 1. The van der Waals surface area contributed by atoms with E-state index in [2.05, 4.69) is 4.72 Å². The molecule has 0 aliphatic heterocycles. The van der Waals surface area contributed by atoms with E-state index in [1.54, 1.807) is 0 Å². The summed E-state index contributed by atoms with van der Waals surface area (Å²) in [7, 11) is -3.32. The molecule has 1 aromatic rings. The first-order chi connectivity index (χ1) is 7.96. The van der Waals surface area contributed by atoms with Gasteiger partial charge in [-0.15, -0.1) is 0 Å². The van der Waals surface area contributed by atoms with Gasteiger partial charge in [0.05, 0.1) is 5.75 Å². The molecule has 0 fully saturated rings. The first-order valence-electron chi connectivity index (χ1n) is 5.62. The summed E-state index contributed by atoms with van der Waals surface area (Å²) in [6.07, 6.45) is 0.260. The molecule has 0 amide bonds. The number of benzene rings is 1. The average Bonchev–Trinajstić information content (AvgIpc) is 2.26. The minimum absolute atomic E-state index is 0.0419. The van der Waals surface area contributed by atoms with Crippen molar-refractivity contribution in [2.24, 2.45) is 0 Å². The van der Waals surface area contributed by atoms with Crippen LogP contribution in [0, 0.1) is 6.92 Å². The molecule has 17 heavy (non-hydrogen) atoms. The van der Waals surface area contributed by atoms with Crippen molar-refractivity contribution in [2.45, 2.75) is 26.3 Å². The van der Waals surface area contributed by atoms with Crippen LogP contribution in [0.3, 0.4) is 0 Å². The molecule has 96 valence electrons. The van der Waals surface area contributed by atoms with Crippen molar-refractivity contribution in [3.8, 4) is 0 Å². The smallest absolute Gasteiger partial charge is 0.212 e. The molecule has 1 rings (SSSR count). The summed E-state index contributed by atoms with van der Waals surface area (Å²) >= 11 is 0. The predicted octanol–water partition coefficient (Wildman–Crippen LogP) is 1.36. The number of hydrogen-bond donors (Lipinski definition) is 2. The largest absolute Gasteiger partial charge is 0.396 e. The molecule has 0 saturated heterocycles. The summed E-state index contributed by atoms with van der Waals surface area (Å²) in [6.45, 7) is 3.66. The number of nitrogens with one attached hydrogen (secondary N) is 1. The summed E-state index contributed by atoms with van der Waals surface area (Å²) in [5.41, 5.74) is 2.03. The highest BCUT2D eigenvalue weighted by molar-refractivity contribution is 7.89. The molecule has 0 heterocycles. The molecule has 0 radical (unpaired) electrons. The number of aliphatic hydroxyl groups is 1. The number of aliphatic hydroxyl groups excluding tert-OH is 1. The lowest BCUT2D eigenvalue weighted by Gasteiger charge is -2.16. The molecule has 1 aromatic carbocycles. The van der Waals surface area contributed by atoms with E-state index in [-0.39, 0.29) is 24.8 Å². The maximum absolute atomic E-state index is 11.7. The van der Waals surface area contributed by atoms with E-state index in [9.17, 15) is 8.42 Å². The van der Waals surface area contributed by atoms with Gasteiger partial charge in [-0.25, -0.2) is 13.1 Å². The zero-order valence-electron chi connectivity index (χ0n) is 10.2. The topological polar surface area (TPSA) is 66.4 Å². The normalized spacial score (nSPS) is 13.6. The Morgan fingerprint density at radius 1 is 1.35 bits per heavy atom. The highest BCUT2D eigenvalue weighted by atomic mass is 32.2. The standard InChI is InChI=1S/C12H19NO3S/c1-10-6-3-4-7-12(10)11(2)13-17(15,16)9-5-8-14/h3-4,6-7,11,13-14H,5,8-9H2,1-2H3. The van der Waals surface area contributed by atoms with Gasteiger partial charge in [-0.05, 0) is 31.4 Å². The van der Waals surface area contributed by atoms with Crippen LogP contribution < -0.4 is 4.72 Å². The fourth-order valence-electron chi connectivity index (χ4n) is 1.72. The minimum atomic E-state index is -3.32. The van der Waals surface area contributed by atoms with Crippen LogP contribution in [0.15, 0.2) is 24.3 Å². The van der Waals surface area contributed by atoms with E-state index in [0.29, 0.717) is 0 Å². The molecule has 1 unspecified atom stereocenters. The molecule has 5 heteroatoms. The molecule has 1 atom stereocenters. The molecule has 0 aliphatic rings. The SMILES string of the molecule is Cc1ccccc1C(C)NS(=O)(=O)CCCO. The van der Waals surface area contributed by atoms with Crippen LogP contribution in [0.5, 0.6) is 0 Å². The lowest BCUT2D eigenvalue weighted by Crippen LogP contribution is -2.29. The van der Waals surface area contributed by atoms with Gasteiger partial charge in [-0.2, -0.15) is 0 Å². The van der Waals surface area contributed by atoms with Gasteiger partial charge in [-0.1, -0.05) is 24.3 Å². The highest BCUT2D eigenvalue weighted by Gasteiger charge is 2.16. The lowest BCUT2D eigenvalue weighted by atomic mass is 10.0. The second-order valence-electron chi connectivity index (χ2n) is 4.09. The third-order valence-electron chi connectivity index (χ3n) is 2.58. The summed E-state index contributed by atoms with van der Waals surface area (Å²) in [6, 6.07) is 7.43. The van der Waals surface area contributed by atoms with Crippen molar-refractivity contribution >= 4 is 10.0 Å². The fraction of sp³-hybridized carbons (Fsp3) is 0.500. The minimum Gasteiger partial charge on any atom is -0.396 e. The zero-order valence-corrected chi connectivity index (χ0v) is 11.0. The van der Waals surface area contributed by atoms with Crippen molar-refractivity contribution in [3.05, 3.63) is 35.4 Å². The van der Waals surface area contributed by atoms with Gasteiger partial charge in [0.1, 0.15) is 0 Å². The molecular formula is C12H19NO3S. The van der Waals surface area contributed by atoms with E-state index in [1.165, 1.54) is 0 Å². The predicted molar refractivity (Wildman–Crippen MR) is 68.2 cm³/mol. The van der Waals surface area contributed by atoms with Crippen molar-refractivity contribution < 1.29 is 13.5 Å². The Labute approximate surface area is 103 Å². The first-order valence-corrected chi connectivity index (χ1v) is 7.28. The third-order valence-corrected chi connectivity index (χ3v) is 4.12. The fourth-order valence-corrected chi connectivity index (χ4v) is 3.01. The lowest BCUT2D eigenvalue weighted by molar-refractivity contribution is 0.295. The van der Waals surface area contributed by atoms with Gasteiger partial charge in [0.2, 0.25) is 10.0 Å². The number of rotatable bonds is 6.